The summed E-state index contributed by atoms with van der Waals surface area (Å²) in [6.45, 7) is 7.32. The second-order valence-corrected chi connectivity index (χ2v) is 5.68. The predicted octanol–water partition coefficient (Wildman–Crippen LogP) is 2.67. The molecule has 0 bridgehead atoms. The lowest BCUT2D eigenvalue weighted by atomic mass is 9.93. The van der Waals surface area contributed by atoms with Gasteiger partial charge in [-0.1, -0.05) is 45.0 Å². The van der Waals surface area contributed by atoms with Gasteiger partial charge < -0.3 is 10.5 Å². The minimum absolute atomic E-state index is 0.180. The Hall–Kier alpha value is -1.35. The van der Waals surface area contributed by atoms with Gasteiger partial charge in [0.15, 0.2) is 0 Å². The minimum Gasteiger partial charge on any atom is -0.465 e. The van der Waals surface area contributed by atoms with E-state index in [-0.39, 0.29) is 11.4 Å². The lowest BCUT2D eigenvalue weighted by molar-refractivity contribution is -0.143. The third-order valence-corrected chi connectivity index (χ3v) is 2.79. The van der Waals surface area contributed by atoms with Crippen molar-refractivity contribution in [1.82, 2.24) is 0 Å². The highest BCUT2D eigenvalue weighted by Gasteiger charge is 2.12. The van der Waals surface area contributed by atoms with Crippen LogP contribution in [0.15, 0.2) is 24.3 Å². The molecule has 0 fully saturated rings. The van der Waals surface area contributed by atoms with Crippen molar-refractivity contribution in [2.75, 3.05) is 6.61 Å². The second-order valence-electron chi connectivity index (χ2n) is 5.68. The van der Waals surface area contributed by atoms with Crippen LogP contribution >= 0.6 is 0 Å². The molecule has 0 aliphatic rings. The monoisotopic (exact) mass is 249 g/mol. The Morgan fingerprint density at radius 2 is 1.83 bits per heavy atom. The summed E-state index contributed by atoms with van der Waals surface area (Å²) in [4.78, 5) is 11.7. The van der Waals surface area contributed by atoms with Crippen molar-refractivity contribution in [3.8, 4) is 0 Å². The molecule has 0 radical (unpaired) electrons. The number of hydrogen-bond acceptors (Lipinski definition) is 3. The van der Waals surface area contributed by atoms with Crippen molar-refractivity contribution in [3.05, 3.63) is 35.4 Å². The van der Waals surface area contributed by atoms with Crippen LogP contribution < -0.4 is 5.73 Å². The predicted molar refractivity (Wildman–Crippen MR) is 73.1 cm³/mol. The Balaban J connectivity index is 2.45. The standard InChI is InChI=1S/C15H23NO2/c1-15(2,3)8-9-18-14(17)10-12-6-4-5-7-13(12)11-16/h4-7H,8-11,16H2,1-3H3. The summed E-state index contributed by atoms with van der Waals surface area (Å²) in [5, 5.41) is 0. The molecule has 1 rings (SSSR count). The van der Waals surface area contributed by atoms with Crippen LogP contribution in [0, 0.1) is 5.41 Å². The molecule has 0 unspecified atom stereocenters. The van der Waals surface area contributed by atoms with Crippen molar-refractivity contribution < 1.29 is 9.53 Å². The van der Waals surface area contributed by atoms with Crippen molar-refractivity contribution in [1.29, 1.82) is 0 Å². The van der Waals surface area contributed by atoms with Crippen molar-refractivity contribution in [3.63, 3.8) is 0 Å². The molecular formula is C15H23NO2. The second kappa shape index (κ2) is 6.55. The Bertz CT molecular complexity index is 394. The van der Waals surface area contributed by atoms with E-state index in [2.05, 4.69) is 20.8 Å². The van der Waals surface area contributed by atoms with E-state index >= 15 is 0 Å². The smallest absolute Gasteiger partial charge is 0.310 e. The Morgan fingerprint density at radius 1 is 1.22 bits per heavy atom. The maximum absolute atomic E-state index is 11.7. The summed E-state index contributed by atoms with van der Waals surface area (Å²) in [6, 6.07) is 7.71. The fourth-order valence-corrected chi connectivity index (χ4v) is 1.61. The molecule has 0 heterocycles. The van der Waals surface area contributed by atoms with Crippen LogP contribution in [0.4, 0.5) is 0 Å². The average molecular weight is 249 g/mol. The topological polar surface area (TPSA) is 52.3 Å². The van der Waals surface area contributed by atoms with Gasteiger partial charge >= 0.3 is 5.97 Å². The van der Waals surface area contributed by atoms with Crippen molar-refractivity contribution in [2.24, 2.45) is 11.1 Å². The highest BCUT2D eigenvalue weighted by atomic mass is 16.5. The molecule has 0 saturated carbocycles. The molecule has 3 nitrogen and oxygen atoms in total. The Labute approximate surface area is 109 Å². The van der Waals surface area contributed by atoms with E-state index < -0.39 is 0 Å². The molecular weight excluding hydrogens is 226 g/mol. The first-order valence-electron chi connectivity index (χ1n) is 6.35. The fraction of sp³-hybridized carbons (Fsp3) is 0.533. The summed E-state index contributed by atoms with van der Waals surface area (Å²) in [7, 11) is 0. The van der Waals surface area contributed by atoms with Crippen LogP contribution in [0.1, 0.15) is 38.3 Å². The van der Waals surface area contributed by atoms with Gasteiger partial charge in [0.25, 0.3) is 0 Å². The first kappa shape index (κ1) is 14.7. The molecule has 0 atom stereocenters. The van der Waals surface area contributed by atoms with Gasteiger partial charge in [-0.05, 0) is 23.0 Å². The molecule has 2 N–H and O–H groups in total. The van der Waals surface area contributed by atoms with Gasteiger partial charge in [0.2, 0.25) is 0 Å². The normalized spacial score (nSPS) is 11.3. The van der Waals surface area contributed by atoms with E-state index in [1.165, 1.54) is 0 Å². The molecule has 1 aromatic rings. The van der Waals surface area contributed by atoms with E-state index in [4.69, 9.17) is 10.5 Å². The quantitative estimate of drug-likeness (QED) is 0.816. The molecule has 18 heavy (non-hydrogen) atoms. The number of esters is 1. The summed E-state index contributed by atoms with van der Waals surface area (Å²) in [5.74, 6) is -0.180. The van der Waals surface area contributed by atoms with Gasteiger partial charge in [-0.3, -0.25) is 4.79 Å². The highest BCUT2D eigenvalue weighted by molar-refractivity contribution is 5.73. The maximum Gasteiger partial charge on any atom is 0.310 e. The minimum atomic E-state index is -0.180. The lowest BCUT2D eigenvalue weighted by Crippen LogP contribution is -2.15. The molecule has 100 valence electrons. The van der Waals surface area contributed by atoms with Crippen LogP contribution in [0.3, 0.4) is 0 Å². The van der Waals surface area contributed by atoms with Gasteiger partial charge in [0, 0.05) is 6.54 Å². The van der Waals surface area contributed by atoms with Crippen molar-refractivity contribution >= 4 is 5.97 Å². The van der Waals surface area contributed by atoms with Gasteiger partial charge in [0.1, 0.15) is 0 Å². The van der Waals surface area contributed by atoms with Crippen LogP contribution in [-0.4, -0.2) is 12.6 Å². The number of hydrogen-bond donors (Lipinski definition) is 1. The zero-order valence-corrected chi connectivity index (χ0v) is 11.5. The molecule has 0 aromatic heterocycles. The zero-order valence-electron chi connectivity index (χ0n) is 11.5. The van der Waals surface area contributed by atoms with Gasteiger partial charge in [0.05, 0.1) is 13.0 Å². The fourth-order valence-electron chi connectivity index (χ4n) is 1.61. The number of carbonyl (C=O) groups excluding carboxylic acids is 1. The highest BCUT2D eigenvalue weighted by Crippen LogP contribution is 2.18. The van der Waals surface area contributed by atoms with E-state index in [1.54, 1.807) is 0 Å². The number of carbonyl (C=O) groups is 1. The van der Waals surface area contributed by atoms with Crippen LogP contribution in [0.25, 0.3) is 0 Å². The molecule has 3 heteroatoms. The number of benzene rings is 1. The first-order chi connectivity index (χ1) is 8.42. The van der Waals surface area contributed by atoms with Crippen LogP contribution in [0.2, 0.25) is 0 Å². The molecule has 0 aliphatic heterocycles. The summed E-state index contributed by atoms with van der Waals surface area (Å²) in [5.41, 5.74) is 7.79. The Morgan fingerprint density at radius 3 is 2.39 bits per heavy atom. The summed E-state index contributed by atoms with van der Waals surface area (Å²) in [6.07, 6.45) is 1.18. The van der Waals surface area contributed by atoms with E-state index in [9.17, 15) is 4.79 Å². The van der Waals surface area contributed by atoms with Gasteiger partial charge in [-0.25, -0.2) is 0 Å². The number of ether oxygens (including phenoxy) is 1. The third-order valence-electron chi connectivity index (χ3n) is 2.79. The SMILES string of the molecule is CC(C)(C)CCOC(=O)Cc1ccccc1CN. The lowest BCUT2D eigenvalue weighted by Gasteiger charge is -2.17. The maximum atomic E-state index is 11.7. The zero-order chi connectivity index (χ0) is 13.6. The summed E-state index contributed by atoms with van der Waals surface area (Å²) < 4.78 is 5.24. The molecule has 1 aromatic carbocycles. The van der Waals surface area contributed by atoms with E-state index in [1.807, 2.05) is 24.3 Å². The number of rotatable bonds is 5. The van der Waals surface area contributed by atoms with E-state index in [0.717, 1.165) is 17.5 Å². The molecule has 0 amide bonds. The van der Waals surface area contributed by atoms with Gasteiger partial charge in [-0.15, -0.1) is 0 Å². The van der Waals surface area contributed by atoms with Crippen LogP contribution in [0.5, 0.6) is 0 Å². The number of nitrogens with two attached hydrogens (primary N) is 1. The molecule has 0 spiro atoms. The first-order valence-corrected chi connectivity index (χ1v) is 6.35. The molecule has 0 aliphatic carbocycles. The third kappa shape index (κ3) is 5.32. The largest absolute Gasteiger partial charge is 0.465 e. The van der Waals surface area contributed by atoms with Crippen LogP contribution in [-0.2, 0) is 22.5 Å². The average Bonchev–Trinajstić information content (AvgIpc) is 2.28. The Kier molecular flexibility index (Phi) is 5.35. The molecule has 0 saturated heterocycles. The van der Waals surface area contributed by atoms with Gasteiger partial charge in [-0.2, -0.15) is 0 Å². The summed E-state index contributed by atoms with van der Waals surface area (Å²) >= 11 is 0. The van der Waals surface area contributed by atoms with Crippen molar-refractivity contribution in [2.45, 2.75) is 40.2 Å². The van der Waals surface area contributed by atoms with E-state index in [0.29, 0.717) is 19.6 Å².